The molecule has 0 aliphatic carbocycles. The zero-order chi connectivity index (χ0) is 11.1. The van der Waals surface area contributed by atoms with E-state index in [0.717, 1.165) is 23.6 Å². The lowest BCUT2D eigenvalue weighted by atomic mass is 10.2. The summed E-state index contributed by atoms with van der Waals surface area (Å²) in [6, 6.07) is 4.57. The Balaban J connectivity index is 2.45. The van der Waals surface area contributed by atoms with E-state index >= 15 is 0 Å². The predicted molar refractivity (Wildman–Crippen MR) is 68.5 cm³/mol. The van der Waals surface area contributed by atoms with Crippen molar-refractivity contribution in [1.82, 2.24) is 4.98 Å². The van der Waals surface area contributed by atoms with Crippen molar-refractivity contribution in [1.29, 1.82) is 0 Å². The van der Waals surface area contributed by atoms with Gasteiger partial charge < -0.3 is 5.32 Å². The van der Waals surface area contributed by atoms with Gasteiger partial charge in [-0.3, -0.25) is 0 Å². The van der Waals surface area contributed by atoms with Crippen molar-refractivity contribution in [2.24, 2.45) is 0 Å². The van der Waals surface area contributed by atoms with E-state index in [1.165, 1.54) is 0 Å². The minimum atomic E-state index is 0.463. The molecule has 1 atom stereocenters. The molecule has 1 rings (SSSR count). The summed E-state index contributed by atoms with van der Waals surface area (Å²) >= 11 is 1.66. The van der Waals surface area contributed by atoms with Gasteiger partial charge in [-0.1, -0.05) is 6.08 Å². The van der Waals surface area contributed by atoms with Gasteiger partial charge in [-0.2, -0.15) is 0 Å². The number of hydrogen-bond acceptors (Lipinski definition) is 3. The van der Waals surface area contributed by atoms with Crippen LogP contribution in [0.1, 0.15) is 19.8 Å². The van der Waals surface area contributed by atoms with Crippen molar-refractivity contribution in [3.05, 3.63) is 31.0 Å². The smallest absolute Gasteiger partial charge is 0.0958 e. The van der Waals surface area contributed by atoms with Crippen molar-refractivity contribution < 1.29 is 0 Å². The fraction of sp³-hybridized carbons (Fsp3) is 0.417. The summed E-state index contributed by atoms with van der Waals surface area (Å²) in [6.45, 7) is 5.89. The van der Waals surface area contributed by atoms with Crippen LogP contribution >= 0.6 is 11.8 Å². The molecule has 0 aliphatic heterocycles. The van der Waals surface area contributed by atoms with Gasteiger partial charge in [0.2, 0.25) is 0 Å². The second kappa shape index (κ2) is 6.51. The third-order valence-corrected chi connectivity index (χ3v) is 2.82. The number of allylic oxidation sites excluding steroid dienone is 1. The molecule has 1 unspecified atom stereocenters. The van der Waals surface area contributed by atoms with Crippen molar-refractivity contribution in [2.45, 2.75) is 30.8 Å². The van der Waals surface area contributed by atoms with Crippen LogP contribution in [0.2, 0.25) is 0 Å². The Hall–Kier alpha value is -0.960. The van der Waals surface area contributed by atoms with Crippen molar-refractivity contribution >= 4 is 17.4 Å². The standard InChI is InChI=1S/C12H18N2S/c1-4-5-6-10(2)14-11-7-8-12(15-3)13-9-11/h4,7-10,14H,1,5-6H2,2-3H3. The quantitative estimate of drug-likeness (QED) is 0.588. The van der Waals surface area contributed by atoms with Gasteiger partial charge in [0.15, 0.2) is 0 Å². The second-order valence-corrected chi connectivity index (χ2v) is 4.33. The Bertz CT molecular complexity index is 295. The van der Waals surface area contributed by atoms with Crippen LogP contribution in [-0.2, 0) is 0 Å². The summed E-state index contributed by atoms with van der Waals surface area (Å²) in [5, 5.41) is 4.46. The number of aromatic nitrogens is 1. The number of pyridine rings is 1. The number of thioether (sulfide) groups is 1. The minimum absolute atomic E-state index is 0.463. The molecule has 0 radical (unpaired) electrons. The van der Waals surface area contributed by atoms with Crippen LogP contribution in [0.25, 0.3) is 0 Å². The Kier molecular flexibility index (Phi) is 5.26. The van der Waals surface area contributed by atoms with Crippen LogP contribution in [0.4, 0.5) is 5.69 Å². The first kappa shape index (κ1) is 12.1. The molecule has 0 saturated heterocycles. The van der Waals surface area contributed by atoms with Gasteiger partial charge in [-0.05, 0) is 38.2 Å². The molecular weight excluding hydrogens is 204 g/mol. The van der Waals surface area contributed by atoms with Gasteiger partial charge in [0.25, 0.3) is 0 Å². The van der Waals surface area contributed by atoms with E-state index in [0.29, 0.717) is 6.04 Å². The van der Waals surface area contributed by atoms with E-state index in [9.17, 15) is 0 Å². The van der Waals surface area contributed by atoms with Crippen LogP contribution < -0.4 is 5.32 Å². The highest BCUT2D eigenvalue weighted by Crippen LogP contribution is 2.15. The Morgan fingerprint density at radius 3 is 2.93 bits per heavy atom. The highest BCUT2D eigenvalue weighted by atomic mass is 32.2. The highest BCUT2D eigenvalue weighted by Gasteiger charge is 2.00. The van der Waals surface area contributed by atoms with Crippen LogP contribution in [0.3, 0.4) is 0 Å². The molecule has 1 aromatic heterocycles. The molecule has 82 valence electrons. The third kappa shape index (κ3) is 4.38. The van der Waals surface area contributed by atoms with Crippen molar-refractivity contribution in [3.8, 4) is 0 Å². The molecule has 15 heavy (non-hydrogen) atoms. The summed E-state index contributed by atoms with van der Waals surface area (Å²) in [5.41, 5.74) is 1.09. The van der Waals surface area contributed by atoms with Crippen molar-refractivity contribution in [2.75, 3.05) is 11.6 Å². The Labute approximate surface area is 96.2 Å². The lowest BCUT2D eigenvalue weighted by molar-refractivity contribution is 0.718. The summed E-state index contributed by atoms with van der Waals surface area (Å²) in [4.78, 5) is 4.31. The van der Waals surface area contributed by atoms with E-state index in [2.05, 4.69) is 29.9 Å². The molecule has 0 aliphatic rings. The molecule has 1 heterocycles. The zero-order valence-electron chi connectivity index (χ0n) is 9.36. The van der Waals surface area contributed by atoms with E-state index in [-0.39, 0.29) is 0 Å². The maximum atomic E-state index is 4.31. The summed E-state index contributed by atoms with van der Waals surface area (Å²) in [7, 11) is 0. The maximum Gasteiger partial charge on any atom is 0.0958 e. The first-order valence-corrected chi connectivity index (χ1v) is 6.36. The topological polar surface area (TPSA) is 24.9 Å². The molecule has 0 aromatic carbocycles. The monoisotopic (exact) mass is 222 g/mol. The van der Waals surface area contributed by atoms with Crippen molar-refractivity contribution in [3.63, 3.8) is 0 Å². The molecule has 0 amide bonds. The van der Waals surface area contributed by atoms with Gasteiger partial charge in [-0.25, -0.2) is 4.98 Å². The van der Waals surface area contributed by atoms with Crippen LogP contribution in [0.5, 0.6) is 0 Å². The van der Waals surface area contributed by atoms with E-state index in [1.807, 2.05) is 24.6 Å². The molecule has 3 heteroatoms. The molecule has 1 N–H and O–H groups in total. The van der Waals surface area contributed by atoms with Gasteiger partial charge in [0.05, 0.1) is 16.9 Å². The van der Waals surface area contributed by atoms with Gasteiger partial charge in [-0.15, -0.1) is 18.3 Å². The first-order valence-electron chi connectivity index (χ1n) is 5.13. The van der Waals surface area contributed by atoms with E-state index in [1.54, 1.807) is 11.8 Å². The predicted octanol–water partition coefficient (Wildman–Crippen LogP) is 3.57. The molecule has 0 saturated carbocycles. The van der Waals surface area contributed by atoms with E-state index in [4.69, 9.17) is 0 Å². The summed E-state index contributed by atoms with van der Waals surface area (Å²) in [6.07, 6.45) is 8.02. The largest absolute Gasteiger partial charge is 0.381 e. The zero-order valence-corrected chi connectivity index (χ0v) is 10.2. The van der Waals surface area contributed by atoms with Gasteiger partial charge in [0, 0.05) is 6.04 Å². The van der Waals surface area contributed by atoms with Crippen LogP contribution in [0, 0.1) is 0 Å². The van der Waals surface area contributed by atoms with Crippen LogP contribution in [0.15, 0.2) is 36.0 Å². The number of hydrogen-bond donors (Lipinski definition) is 1. The molecule has 2 nitrogen and oxygen atoms in total. The normalized spacial score (nSPS) is 12.1. The first-order chi connectivity index (χ1) is 7.26. The highest BCUT2D eigenvalue weighted by molar-refractivity contribution is 7.98. The SMILES string of the molecule is C=CCCC(C)Nc1ccc(SC)nc1. The number of rotatable bonds is 6. The average Bonchev–Trinajstić information content (AvgIpc) is 2.27. The van der Waals surface area contributed by atoms with Crippen LogP contribution in [-0.4, -0.2) is 17.3 Å². The molecule has 0 spiro atoms. The second-order valence-electron chi connectivity index (χ2n) is 3.50. The summed E-state index contributed by atoms with van der Waals surface area (Å²) in [5.74, 6) is 0. The Morgan fingerprint density at radius 2 is 2.40 bits per heavy atom. The number of anilines is 1. The fourth-order valence-corrected chi connectivity index (χ4v) is 1.67. The van der Waals surface area contributed by atoms with E-state index < -0.39 is 0 Å². The Morgan fingerprint density at radius 1 is 1.60 bits per heavy atom. The lowest BCUT2D eigenvalue weighted by Crippen LogP contribution is -2.14. The minimum Gasteiger partial charge on any atom is -0.381 e. The maximum absolute atomic E-state index is 4.31. The molecule has 0 bridgehead atoms. The van der Waals surface area contributed by atoms with Gasteiger partial charge in [0.1, 0.15) is 0 Å². The third-order valence-electron chi connectivity index (χ3n) is 2.16. The molecule has 1 aromatic rings. The lowest BCUT2D eigenvalue weighted by Gasteiger charge is -2.13. The number of nitrogens with one attached hydrogen (secondary N) is 1. The summed E-state index contributed by atoms with van der Waals surface area (Å²) < 4.78 is 0. The number of nitrogens with zero attached hydrogens (tertiary/aromatic N) is 1. The van der Waals surface area contributed by atoms with Gasteiger partial charge >= 0.3 is 0 Å². The molecular formula is C12H18N2S. The molecule has 0 fully saturated rings. The average molecular weight is 222 g/mol. The fourth-order valence-electron chi connectivity index (χ4n) is 1.31.